The fourth-order valence-corrected chi connectivity index (χ4v) is 4.18. The minimum absolute atomic E-state index is 0.0249. The molecule has 0 radical (unpaired) electrons. The number of fused-ring (bicyclic) bond motifs is 1. The van der Waals surface area contributed by atoms with Crippen LogP contribution < -0.4 is 5.56 Å². The van der Waals surface area contributed by atoms with E-state index in [1.807, 2.05) is 0 Å². The van der Waals surface area contributed by atoms with Crippen LogP contribution in [0.5, 0.6) is 0 Å². The summed E-state index contributed by atoms with van der Waals surface area (Å²) in [5, 5.41) is 0.311. The minimum atomic E-state index is -3.83. The van der Waals surface area contributed by atoms with Gasteiger partial charge in [-0.3, -0.25) is 9.59 Å². The van der Waals surface area contributed by atoms with Gasteiger partial charge in [-0.15, -0.1) is 0 Å². The highest BCUT2D eigenvalue weighted by atomic mass is 32.2. The van der Waals surface area contributed by atoms with E-state index in [0.29, 0.717) is 22.3 Å². The maximum atomic E-state index is 12.9. The summed E-state index contributed by atoms with van der Waals surface area (Å²) in [6.45, 7) is 3.03. The largest absolute Gasteiger partial charge is 0.344 e. The van der Waals surface area contributed by atoms with Crippen LogP contribution in [0.4, 0.5) is 0 Å². The van der Waals surface area contributed by atoms with E-state index in [4.69, 9.17) is 0 Å². The van der Waals surface area contributed by atoms with Gasteiger partial charge >= 0.3 is 0 Å². The predicted molar refractivity (Wildman–Crippen MR) is 88.0 cm³/mol. The molecule has 0 amide bonds. The number of nitrogens with zero attached hydrogens (tertiary/aromatic N) is 2. The lowest BCUT2D eigenvalue weighted by Crippen LogP contribution is -2.08. The van der Waals surface area contributed by atoms with Gasteiger partial charge in [0.25, 0.3) is 5.56 Å². The molecule has 3 aromatic rings. The Morgan fingerprint density at radius 2 is 1.96 bits per heavy atom. The fraction of sp³-hybridized carbons (Fsp3) is 0.188. The number of Topliss-reactive ketones (excluding diaryl/α,β-unsaturated/α-hetero) is 1. The average Bonchev–Trinajstić information content (AvgIpc) is 2.84. The number of benzene rings is 1. The molecule has 0 spiro atoms. The van der Waals surface area contributed by atoms with Crippen molar-refractivity contribution in [3.05, 3.63) is 52.3 Å². The summed E-state index contributed by atoms with van der Waals surface area (Å²) in [6, 6.07) is 5.54. The third-order valence-electron chi connectivity index (χ3n) is 4.06. The summed E-state index contributed by atoms with van der Waals surface area (Å²) in [4.78, 5) is 29.9. The Hall–Kier alpha value is -2.74. The highest BCUT2D eigenvalue weighted by Gasteiger charge is 2.25. The first kappa shape index (κ1) is 16.1. The van der Waals surface area contributed by atoms with E-state index in [9.17, 15) is 18.0 Å². The molecule has 0 saturated heterocycles. The number of ketones is 1. The summed E-state index contributed by atoms with van der Waals surface area (Å²) in [7, 11) is -2.19. The van der Waals surface area contributed by atoms with Crippen LogP contribution in [0.25, 0.3) is 10.9 Å². The predicted octanol–water partition coefficient (Wildman–Crippen LogP) is 1.61. The molecule has 0 fully saturated rings. The van der Waals surface area contributed by atoms with Gasteiger partial charge in [-0.2, -0.15) is 0 Å². The van der Waals surface area contributed by atoms with E-state index < -0.39 is 9.84 Å². The van der Waals surface area contributed by atoms with Crippen molar-refractivity contribution in [1.29, 1.82) is 0 Å². The number of rotatable bonds is 3. The molecule has 1 aromatic carbocycles. The van der Waals surface area contributed by atoms with Crippen molar-refractivity contribution in [3.63, 3.8) is 0 Å². The van der Waals surface area contributed by atoms with Crippen LogP contribution in [-0.2, 0) is 16.9 Å². The number of sulfone groups is 1. The Labute approximate surface area is 137 Å². The number of hydrogen-bond donors (Lipinski definition) is 1. The first-order chi connectivity index (χ1) is 11.2. The van der Waals surface area contributed by atoms with Crippen LogP contribution in [0, 0.1) is 6.92 Å². The average molecular weight is 345 g/mol. The van der Waals surface area contributed by atoms with Gasteiger partial charge in [0.2, 0.25) is 9.84 Å². The molecule has 2 aromatic heterocycles. The molecule has 7 nitrogen and oxygen atoms in total. The van der Waals surface area contributed by atoms with E-state index in [1.54, 1.807) is 18.5 Å². The van der Waals surface area contributed by atoms with E-state index in [-0.39, 0.29) is 21.1 Å². The van der Waals surface area contributed by atoms with Crippen LogP contribution in [0.2, 0.25) is 0 Å². The van der Waals surface area contributed by atoms with Gasteiger partial charge in [0.05, 0.1) is 32.7 Å². The lowest BCUT2D eigenvalue weighted by atomic mass is 10.2. The van der Waals surface area contributed by atoms with Crippen molar-refractivity contribution in [3.8, 4) is 0 Å². The molecule has 0 unspecified atom stereocenters. The second-order valence-electron chi connectivity index (χ2n) is 5.51. The third kappa shape index (κ3) is 2.35. The molecular weight excluding hydrogens is 330 g/mol. The number of carbonyl (C=O) groups excluding carboxylic acids is 1. The van der Waals surface area contributed by atoms with Crippen LogP contribution in [-0.4, -0.2) is 28.7 Å². The fourth-order valence-electron chi connectivity index (χ4n) is 2.62. The van der Waals surface area contributed by atoms with Crippen LogP contribution in [0.1, 0.15) is 23.1 Å². The van der Waals surface area contributed by atoms with Crippen LogP contribution >= 0.6 is 0 Å². The number of hydrogen-bond acceptors (Lipinski definition) is 5. The van der Waals surface area contributed by atoms with Crippen molar-refractivity contribution in [2.75, 3.05) is 0 Å². The van der Waals surface area contributed by atoms with Crippen molar-refractivity contribution in [2.24, 2.45) is 7.05 Å². The highest BCUT2D eigenvalue weighted by Crippen LogP contribution is 2.27. The molecule has 0 aliphatic carbocycles. The Morgan fingerprint density at radius 1 is 1.25 bits per heavy atom. The van der Waals surface area contributed by atoms with Gasteiger partial charge in [0, 0.05) is 19.7 Å². The molecule has 24 heavy (non-hydrogen) atoms. The molecule has 3 rings (SSSR count). The Balaban J connectivity index is 2.24. The molecule has 2 heterocycles. The van der Waals surface area contributed by atoms with Gasteiger partial charge in [0.15, 0.2) is 5.78 Å². The number of carbonyl (C=O) groups is 1. The van der Waals surface area contributed by atoms with E-state index in [2.05, 4.69) is 9.97 Å². The van der Waals surface area contributed by atoms with E-state index in [1.165, 1.54) is 37.5 Å². The molecule has 0 bridgehead atoms. The molecule has 0 aliphatic heterocycles. The zero-order valence-corrected chi connectivity index (χ0v) is 14.1. The van der Waals surface area contributed by atoms with Crippen LogP contribution in [0.15, 0.2) is 45.2 Å². The Bertz CT molecular complexity index is 1140. The highest BCUT2D eigenvalue weighted by molar-refractivity contribution is 7.91. The molecule has 1 N–H and O–H groups in total. The summed E-state index contributed by atoms with van der Waals surface area (Å²) < 4.78 is 27.4. The first-order valence-corrected chi connectivity index (χ1v) is 8.61. The smallest absolute Gasteiger partial charge is 0.258 e. The molecular formula is C16H15N3O4S. The van der Waals surface area contributed by atoms with Gasteiger partial charge in [-0.25, -0.2) is 13.4 Å². The zero-order chi connectivity index (χ0) is 17.6. The Kier molecular flexibility index (Phi) is 3.64. The maximum absolute atomic E-state index is 12.9. The van der Waals surface area contributed by atoms with Gasteiger partial charge in [-0.05, 0) is 31.2 Å². The van der Waals surface area contributed by atoms with Gasteiger partial charge in [0.1, 0.15) is 0 Å². The summed E-state index contributed by atoms with van der Waals surface area (Å²) in [5.74, 6) is -0.214. The second kappa shape index (κ2) is 5.41. The molecule has 0 saturated carbocycles. The quantitative estimate of drug-likeness (QED) is 0.727. The lowest BCUT2D eigenvalue weighted by Gasteiger charge is -2.06. The second-order valence-corrected chi connectivity index (χ2v) is 7.43. The summed E-state index contributed by atoms with van der Waals surface area (Å²) in [6.07, 6.45) is 1.22. The van der Waals surface area contributed by atoms with Crippen molar-refractivity contribution in [2.45, 2.75) is 23.6 Å². The Morgan fingerprint density at radius 3 is 2.58 bits per heavy atom. The topological polar surface area (TPSA) is 102 Å². The normalized spacial score (nSPS) is 11.8. The zero-order valence-electron chi connectivity index (χ0n) is 13.3. The lowest BCUT2D eigenvalue weighted by molar-refractivity contribution is 0.101. The van der Waals surface area contributed by atoms with E-state index in [0.717, 1.165) is 0 Å². The van der Waals surface area contributed by atoms with Crippen LogP contribution in [0.3, 0.4) is 0 Å². The number of aromatic amines is 1. The monoisotopic (exact) mass is 345 g/mol. The van der Waals surface area contributed by atoms with Crippen molar-refractivity contribution < 1.29 is 13.2 Å². The number of nitrogens with one attached hydrogen (secondary N) is 1. The van der Waals surface area contributed by atoms with Crippen molar-refractivity contribution >= 4 is 26.5 Å². The standard InChI is InChI=1S/C16H15N3O4S/c1-9-15(7-14(10(2)20)19(9)3)24(22,23)11-4-5-12-13(6-11)17-8-18-16(12)21/h4-8H,1-3H3,(H,17,18,21). The first-order valence-electron chi connectivity index (χ1n) is 7.13. The molecule has 8 heteroatoms. The molecule has 0 atom stereocenters. The van der Waals surface area contributed by atoms with Gasteiger partial charge in [-0.1, -0.05) is 0 Å². The van der Waals surface area contributed by atoms with E-state index >= 15 is 0 Å². The van der Waals surface area contributed by atoms with Gasteiger partial charge < -0.3 is 9.55 Å². The summed E-state index contributed by atoms with van der Waals surface area (Å²) >= 11 is 0. The van der Waals surface area contributed by atoms with Crippen molar-refractivity contribution in [1.82, 2.24) is 14.5 Å². The molecule has 0 aliphatic rings. The maximum Gasteiger partial charge on any atom is 0.258 e. The molecule has 124 valence electrons. The number of aromatic nitrogens is 3. The SMILES string of the molecule is CC(=O)c1cc(S(=O)(=O)c2ccc3c(=O)[nH]cnc3c2)c(C)n1C. The third-order valence-corrected chi connectivity index (χ3v) is 5.93. The number of H-pyrrole nitrogens is 1. The summed E-state index contributed by atoms with van der Waals surface area (Å²) in [5.41, 5.74) is 0.750. The minimum Gasteiger partial charge on any atom is -0.344 e.